The Morgan fingerprint density at radius 3 is 2.15 bits per heavy atom. The molecule has 0 aliphatic rings. The number of hydrogen-bond donors (Lipinski definition) is 3. The second-order valence-corrected chi connectivity index (χ2v) is 2.49. The first-order valence-electron chi connectivity index (χ1n) is 4.49. The average Bonchev–Trinajstić information content (AvgIpc) is 2.05. The van der Waals surface area contributed by atoms with Crippen LogP contribution in [0.5, 0.6) is 0 Å². The smallest absolute Gasteiger partial charge is 0.314 e. The van der Waals surface area contributed by atoms with Crippen LogP contribution in [0.4, 0.5) is 4.79 Å². The summed E-state index contributed by atoms with van der Waals surface area (Å²) in [4.78, 5) is 21.7. The first kappa shape index (κ1) is 11.7. The van der Waals surface area contributed by atoms with Gasteiger partial charge in [0.25, 0.3) is 0 Å². The molecule has 0 aromatic rings. The Kier molecular flexibility index (Phi) is 6.68. The highest BCUT2D eigenvalue weighted by atomic mass is 16.2. The lowest BCUT2D eigenvalue weighted by atomic mass is 10.4. The Morgan fingerprint density at radius 2 is 1.62 bits per heavy atom. The van der Waals surface area contributed by atoms with E-state index in [2.05, 4.69) is 16.0 Å². The van der Waals surface area contributed by atoms with Crippen LogP contribution in [0.1, 0.15) is 20.3 Å². The number of carbonyl (C=O) groups is 2. The summed E-state index contributed by atoms with van der Waals surface area (Å²) in [6, 6.07) is -0.230. The van der Waals surface area contributed by atoms with Crippen LogP contribution in [-0.2, 0) is 4.79 Å². The largest absolute Gasteiger partial charge is 0.356 e. The molecular weight excluding hydrogens is 170 g/mol. The van der Waals surface area contributed by atoms with Crippen molar-refractivity contribution < 1.29 is 9.59 Å². The molecule has 76 valence electrons. The fourth-order valence-corrected chi connectivity index (χ4v) is 0.798. The summed E-state index contributed by atoms with van der Waals surface area (Å²) in [7, 11) is 0. The van der Waals surface area contributed by atoms with Crippen molar-refractivity contribution in [1.29, 1.82) is 0 Å². The Hall–Kier alpha value is -1.26. The summed E-state index contributed by atoms with van der Waals surface area (Å²) < 4.78 is 0. The molecule has 0 unspecified atom stereocenters. The first-order valence-corrected chi connectivity index (χ1v) is 4.49. The molecule has 0 aliphatic heterocycles. The molecule has 0 fully saturated rings. The molecule has 5 heteroatoms. The Balaban J connectivity index is 3.33. The molecule has 13 heavy (non-hydrogen) atoms. The predicted octanol–water partition coefficient (Wildman–Crippen LogP) is -0.168. The van der Waals surface area contributed by atoms with Crippen molar-refractivity contribution in [2.45, 2.75) is 20.3 Å². The summed E-state index contributed by atoms with van der Waals surface area (Å²) in [5.41, 5.74) is 0. The molecule has 3 N–H and O–H groups in total. The van der Waals surface area contributed by atoms with Crippen LogP contribution in [0.15, 0.2) is 0 Å². The minimum atomic E-state index is -0.230. The van der Waals surface area contributed by atoms with Crippen molar-refractivity contribution in [1.82, 2.24) is 16.0 Å². The van der Waals surface area contributed by atoms with Crippen LogP contribution in [0.3, 0.4) is 0 Å². The second-order valence-electron chi connectivity index (χ2n) is 2.49. The van der Waals surface area contributed by atoms with E-state index in [-0.39, 0.29) is 11.9 Å². The number of nitrogens with one attached hydrogen (secondary N) is 3. The highest BCUT2D eigenvalue weighted by Crippen LogP contribution is 1.76. The van der Waals surface area contributed by atoms with Crippen LogP contribution in [0.2, 0.25) is 0 Å². The van der Waals surface area contributed by atoms with E-state index in [0.29, 0.717) is 26.1 Å². The van der Waals surface area contributed by atoms with Crippen LogP contribution in [0.25, 0.3) is 0 Å². The standard InChI is InChI=1S/C8H17N3O2/c1-3-9-7(12)5-6-11-8(13)10-4-2/h3-6H2,1-2H3,(H,9,12)(H2,10,11,13). The summed E-state index contributed by atoms with van der Waals surface area (Å²) in [6.45, 7) is 5.28. The first-order chi connectivity index (χ1) is 6.20. The van der Waals surface area contributed by atoms with Crippen LogP contribution >= 0.6 is 0 Å². The maximum atomic E-state index is 10.9. The van der Waals surface area contributed by atoms with Gasteiger partial charge in [-0.2, -0.15) is 0 Å². The van der Waals surface area contributed by atoms with Crippen LogP contribution < -0.4 is 16.0 Å². The number of rotatable bonds is 5. The fraction of sp³-hybridized carbons (Fsp3) is 0.750. The normalized spacial score (nSPS) is 9.08. The van der Waals surface area contributed by atoms with Gasteiger partial charge in [0.2, 0.25) is 5.91 Å². The number of amides is 3. The SMILES string of the molecule is CCNC(=O)CCNC(=O)NCC. The second kappa shape index (κ2) is 7.39. The highest BCUT2D eigenvalue weighted by molar-refractivity contribution is 5.78. The van der Waals surface area contributed by atoms with E-state index < -0.39 is 0 Å². The Labute approximate surface area is 78.3 Å². The van der Waals surface area contributed by atoms with Gasteiger partial charge in [-0.1, -0.05) is 0 Å². The maximum Gasteiger partial charge on any atom is 0.314 e. The zero-order valence-electron chi connectivity index (χ0n) is 8.14. The Morgan fingerprint density at radius 1 is 1.00 bits per heavy atom. The van der Waals surface area contributed by atoms with Crippen LogP contribution in [0, 0.1) is 0 Å². The Bertz CT molecular complexity index is 153. The van der Waals surface area contributed by atoms with Crippen molar-refractivity contribution in [3.8, 4) is 0 Å². The third kappa shape index (κ3) is 7.11. The summed E-state index contributed by atoms with van der Waals surface area (Å²) >= 11 is 0. The quantitative estimate of drug-likeness (QED) is 0.559. The zero-order valence-corrected chi connectivity index (χ0v) is 8.14. The van der Waals surface area contributed by atoms with Crippen molar-refractivity contribution in [2.24, 2.45) is 0 Å². The van der Waals surface area contributed by atoms with E-state index in [4.69, 9.17) is 0 Å². The van der Waals surface area contributed by atoms with Crippen molar-refractivity contribution in [3.05, 3.63) is 0 Å². The minimum Gasteiger partial charge on any atom is -0.356 e. The third-order valence-corrected chi connectivity index (χ3v) is 1.35. The average molecular weight is 187 g/mol. The van der Waals surface area contributed by atoms with E-state index in [1.54, 1.807) is 0 Å². The number of hydrogen-bond acceptors (Lipinski definition) is 2. The molecule has 0 radical (unpaired) electrons. The molecule has 0 aromatic heterocycles. The van der Waals surface area contributed by atoms with E-state index in [9.17, 15) is 9.59 Å². The molecule has 0 saturated carbocycles. The molecular formula is C8H17N3O2. The van der Waals surface area contributed by atoms with Gasteiger partial charge in [0.1, 0.15) is 0 Å². The lowest BCUT2D eigenvalue weighted by Crippen LogP contribution is -2.37. The molecule has 0 saturated heterocycles. The topological polar surface area (TPSA) is 70.2 Å². The molecule has 5 nitrogen and oxygen atoms in total. The van der Waals surface area contributed by atoms with E-state index >= 15 is 0 Å². The summed E-state index contributed by atoms with van der Waals surface area (Å²) in [5, 5.41) is 7.77. The minimum absolute atomic E-state index is 0.0423. The van der Waals surface area contributed by atoms with E-state index in [1.807, 2.05) is 13.8 Å². The number of urea groups is 1. The monoisotopic (exact) mass is 187 g/mol. The highest BCUT2D eigenvalue weighted by Gasteiger charge is 2.00. The zero-order chi connectivity index (χ0) is 10.1. The van der Waals surface area contributed by atoms with Gasteiger partial charge < -0.3 is 16.0 Å². The molecule has 0 bridgehead atoms. The number of carbonyl (C=O) groups excluding carboxylic acids is 2. The van der Waals surface area contributed by atoms with Gasteiger partial charge in [0, 0.05) is 26.1 Å². The van der Waals surface area contributed by atoms with Crippen molar-refractivity contribution in [2.75, 3.05) is 19.6 Å². The van der Waals surface area contributed by atoms with Crippen LogP contribution in [-0.4, -0.2) is 31.6 Å². The molecule has 0 rings (SSSR count). The third-order valence-electron chi connectivity index (χ3n) is 1.35. The molecule has 0 aromatic carbocycles. The van der Waals surface area contributed by atoms with Gasteiger partial charge >= 0.3 is 6.03 Å². The lowest BCUT2D eigenvalue weighted by Gasteiger charge is -2.05. The van der Waals surface area contributed by atoms with Gasteiger partial charge in [-0.05, 0) is 13.8 Å². The van der Waals surface area contributed by atoms with Gasteiger partial charge in [0.05, 0.1) is 0 Å². The molecule has 3 amide bonds. The summed E-state index contributed by atoms with van der Waals surface area (Å²) in [5.74, 6) is -0.0423. The van der Waals surface area contributed by atoms with E-state index in [1.165, 1.54) is 0 Å². The van der Waals surface area contributed by atoms with Crippen molar-refractivity contribution >= 4 is 11.9 Å². The molecule has 0 heterocycles. The summed E-state index contributed by atoms with van der Waals surface area (Å²) in [6.07, 6.45) is 0.324. The predicted molar refractivity (Wildman–Crippen MR) is 50.4 cm³/mol. The van der Waals surface area contributed by atoms with Crippen molar-refractivity contribution in [3.63, 3.8) is 0 Å². The molecule has 0 spiro atoms. The molecule has 0 aliphatic carbocycles. The molecule has 0 atom stereocenters. The van der Waals surface area contributed by atoms with Gasteiger partial charge in [-0.25, -0.2) is 4.79 Å². The maximum absolute atomic E-state index is 10.9. The van der Waals surface area contributed by atoms with E-state index in [0.717, 1.165) is 0 Å². The fourth-order valence-electron chi connectivity index (χ4n) is 0.798. The van der Waals surface area contributed by atoms with Gasteiger partial charge in [0.15, 0.2) is 0 Å². The van der Waals surface area contributed by atoms with Gasteiger partial charge in [-0.15, -0.1) is 0 Å². The van der Waals surface area contributed by atoms with Gasteiger partial charge in [-0.3, -0.25) is 4.79 Å². The lowest BCUT2D eigenvalue weighted by molar-refractivity contribution is -0.120.